The topological polar surface area (TPSA) is 50.1 Å². The van der Waals surface area contributed by atoms with Crippen molar-refractivity contribution in [3.8, 4) is 34.1 Å². The smallest absolute Gasteiger partial charge is 0.343 e. The first-order chi connectivity index (χ1) is 17.2. The number of nitriles is 1. The molecule has 0 aromatic heterocycles. The maximum atomic E-state index is 12.6. The van der Waals surface area contributed by atoms with Gasteiger partial charge in [0.1, 0.15) is 5.75 Å². The van der Waals surface area contributed by atoms with Crippen molar-refractivity contribution in [2.24, 2.45) is 0 Å². The second-order valence-corrected chi connectivity index (χ2v) is 8.69. The lowest BCUT2D eigenvalue weighted by molar-refractivity contribution is 0.0735. The summed E-state index contributed by atoms with van der Waals surface area (Å²) in [6.45, 7) is 2.23. The highest BCUT2D eigenvalue weighted by Gasteiger charge is 2.10. The molecule has 0 bridgehead atoms. The number of hydrogen-bond acceptors (Lipinski definition) is 3. The van der Waals surface area contributed by atoms with Crippen molar-refractivity contribution in [3.63, 3.8) is 0 Å². The summed E-state index contributed by atoms with van der Waals surface area (Å²) >= 11 is 0. The van der Waals surface area contributed by atoms with Gasteiger partial charge < -0.3 is 4.74 Å². The molecule has 4 aromatic rings. The number of esters is 1. The normalized spacial score (nSPS) is 10.5. The molecule has 0 saturated heterocycles. The highest BCUT2D eigenvalue weighted by Crippen LogP contribution is 2.25. The van der Waals surface area contributed by atoms with Gasteiger partial charge in [0.2, 0.25) is 0 Å². The number of ether oxygens (including phenoxy) is 1. The molecule has 174 valence electrons. The van der Waals surface area contributed by atoms with Gasteiger partial charge in [0.15, 0.2) is 0 Å². The van der Waals surface area contributed by atoms with Gasteiger partial charge in [0.25, 0.3) is 0 Å². The summed E-state index contributed by atoms with van der Waals surface area (Å²) in [4.78, 5) is 12.6. The van der Waals surface area contributed by atoms with E-state index >= 15 is 0 Å². The molecule has 0 aliphatic rings. The number of unbranched alkanes of at least 4 members (excludes halogenated alkanes) is 3. The van der Waals surface area contributed by atoms with Crippen LogP contribution in [0.1, 0.15) is 54.1 Å². The second kappa shape index (κ2) is 11.8. The van der Waals surface area contributed by atoms with Gasteiger partial charge in [-0.05, 0) is 77.1 Å². The third-order valence-electron chi connectivity index (χ3n) is 6.14. The number of rotatable bonds is 9. The maximum Gasteiger partial charge on any atom is 0.343 e. The Balaban J connectivity index is 1.35. The molecule has 0 fully saturated rings. The van der Waals surface area contributed by atoms with E-state index in [0.29, 0.717) is 16.9 Å². The van der Waals surface area contributed by atoms with E-state index in [1.165, 1.54) is 31.2 Å². The van der Waals surface area contributed by atoms with E-state index in [-0.39, 0.29) is 5.97 Å². The predicted octanol–water partition coefficient (Wildman–Crippen LogP) is 8.23. The van der Waals surface area contributed by atoms with Crippen molar-refractivity contribution in [2.75, 3.05) is 0 Å². The van der Waals surface area contributed by atoms with E-state index < -0.39 is 0 Å². The minimum absolute atomic E-state index is 0.384. The van der Waals surface area contributed by atoms with Crippen LogP contribution in [0.3, 0.4) is 0 Å². The average molecular weight is 460 g/mol. The van der Waals surface area contributed by atoms with Gasteiger partial charge in [0.05, 0.1) is 17.2 Å². The molecule has 3 nitrogen and oxygen atoms in total. The van der Waals surface area contributed by atoms with E-state index in [1.807, 2.05) is 36.4 Å². The summed E-state index contributed by atoms with van der Waals surface area (Å²) in [5.74, 6) is 0.107. The molecular formula is C32H29NO2. The molecular weight excluding hydrogens is 430 g/mol. The van der Waals surface area contributed by atoms with Gasteiger partial charge in [-0.25, -0.2) is 4.79 Å². The number of nitrogens with zero attached hydrogens (tertiary/aromatic N) is 1. The van der Waals surface area contributed by atoms with Crippen LogP contribution in [-0.2, 0) is 6.42 Å². The van der Waals surface area contributed by atoms with Crippen molar-refractivity contribution < 1.29 is 9.53 Å². The van der Waals surface area contributed by atoms with Crippen LogP contribution in [0.15, 0.2) is 97.1 Å². The molecule has 0 atom stereocenters. The molecule has 3 heteroatoms. The number of carbonyl (C=O) groups excluding carboxylic acids is 1. The molecule has 0 saturated carbocycles. The first-order valence-electron chi connectivity index (χ1n) is 12.2. The molecule has 0 aliphatic carbocycles. The number of carbonyl (C=O) groups is 1. The Morgan fingerprint density at radius 3 is 1.74 bits per heavy atom. The summed E-state index contributed by atoms with van der Waals surface area (Å²) in [5, 5.41) is 8.94. The van der Waals surface area contributed by atoms with Crippen LogP contribution in [-0.4, -0.2) is 5.97 Å². The van der Waals surface area contributed by atoms with E-state index in [1.54, 1.807) is 36.4 Å². The molecule has 0 N–H and O–H groups in total. The summed E-state index contributed by atoms with van der Waals surface area (Å²) in [5.41, 5.74) is 6.71. The fraction of sp³-hybridized carbons (Fsp3) is 0.188. The minimum atomic E-state index is -0.384. The Morgan fingerprint density at radius 2 is 1.20 bits per heavy atom. The molecule has 0 aliphatic heterocycles. The Kier molecular flexibility index (Phi) is 8.09. The Labute approximate surface area is 207 Å². The molecule has 4 rings (SSSR count). The van der Waals surface area contributed by atoms with Crippen molar-refractivity contribution in [1.82, 2.24) is 0 Å². The van der Waals surface area contributed by atoms with Gasteiger partial charge in [0, 0.05) is 0 Å². The first kappa shape index (κ1) is 24.0. The molecule has 4 aromatic carbocycles. The van der Waals surface area contributed by atoms with Crippen LogP contribution in [0.25, 0.3) is 22.3 Å². The molecule has 0 radical (unpaired) electrons. The van der Waals surface area contributed by atoms with Crippen LogP contribution in [0.2, 0.25) is 0 Å². The van der Waals surface area contributed by atoms with Crippen molar-refractivity contribution in [3.05, 3.63) is 114 Å². The Hall–Kier alpha value is -4.16. The fourth-order valence-electron chi connectivity index (χ4n) is 4.04. The largest absolute Gasteiger partial charge is 0.423 e. The summed E-state index contributed by atoms with van der Waals surface area (Å²) in [7, 11) is 0. The quantitative estimate of drug-likeness (QED) is 0.144. The summed E-state index contributed by atoms with van der Waals surface area (Å²) in [6.07, 6.45) is 6.21. The van der Waals surface area contributed by atoms with Crippen molar-refractivity contribution >= 4 is 5.97 Å². The van der Waals surface area contributed by atoms with Gasteiger partial charge in [-0.2, -0.15) is 5.26 Å². The number of benzene rings is 4. The van der Waals surface area contributed by atoms with Crippen molar-refractivity contribution in [2.45, 2.75) is 39.0 Å². The molecule has 0 heterocycles. The SMILES string of the molecule is CCCCCCc1ccc(-c2ccc(C(=O)Oc3ccc(-c4ccc(C#N)cc4)cc3)cc2)cc1. The third kappa shape index (κ3) is 6.46. The summed E-state index contributed by atoms with van der Waals surface area (Å²) in [6, 6.07) is 33.1. The summed E-state index contributed by atoms with van der Waals surface area (Å²) < 4.78 is 5.56. The highest BCUT2D eigenvalue weighted by atomic mass is 16.5. The standard InChI is InChI=1S/C32H29NO2/c1-2-3-4-5-6-24-7-11-26(12-8-24)28-15-17-30(18-16-28)32(34)35-31-21-19-29(20-22-31)27-13-9-25(23-33)10-14-27/h7-22H,2-6H2,1H3. The van der Waals surface area contributed by atoms with Gasteiger partial charge in [-0.3, -0.25) is 0 Å². The maximum absolute atomic E-state index is 12.6. The zero-order valence-electron chi connectivity index (χ0n) is 20.0. The fourth-order valence-corrected chi connectivity index (χ4v) is 4.04. The third-order valence-corrected chi connectivity index (χ3v) is 6.14. The monoisotopic (exact) mass is 459 g/mol. The van der Waals surface area contributed by atoms with E-state index in [0.717, 1.165) is 28.7 Å². The lowest BCUT2D eigenvalue weighted by atomic mass is 10.0. The van der Waals surface area contributed by atoms with E-state index in [9.17, 15) is 4.79 Å². The van der Waals surface area contributed by atoms with Crippen LogP contribution in [0, 0.1) is 11.3 Å². The highest BCUT2D eigenvalue weighted by molar-refractivity contribution is 5.91. The molecule has 0 spiro atoms. The van der Waals surface area contributed by atoms with Crippen LogP contribution >= 0.6 is 0 Å². The van der Waals surface area contributed by atoms with Crippen LogP contribution in [0.5, 0.6) is 5.75 Å². The number of aryl methyl sites for hydroxylation is 1. The predicted molar refractivity (Wildman–Crippen MR) is 141 cm³/mol. The van der Waals surface area contributed by atoms with E-state index in [2.05, 4.69) is 37.3 Å². The zero-order chi connectivity index (χ0) is 24.5. The number of hydrogen-bond donors (Lipinski definition) is 0. The van der Waals surface area contributed by atoms with Gasteiger partial charge >= 0.3 is 5.97 Å². The lowest BCUT2D eigenvalue weighted by Gasteiger charge is -2.08. The Bertz CT molecular complexity index is 1280. The van der Waals surface area contributed by atoms with Crippen LogP contribution in [0.4, 0.5) is 0 Å². The average Bonchev–Trinajstić information content (AvgIpc) is 2.92. The van der Waals surface area contributed by atoms with Gasteiger partial charge in [-0.1, -0.05) is 86.8 Å². The second-order valence-electron chi connectivity index (χ2n) is 8.69. The van der Waals surface area contributed by atoms with Crippen molar-refractivity contribution in [1.29, 1.82) is 5.26 Å². The first-order valence-corrected chi connectivity index (χ1v) is 12.2. The van der Waals surface area contributed by atoms with Crippen LogP contribution < -0.4 is 4.74 Å². The Morgan fingerprint density at radius 1 is 0.686 bits per heavy atom. The lowest BCUT2D eigenvalue weighted by Crippen LogP contribution is -2.08. The molecule has 0 unspecified atom stereocenters. The molecule has 0 amide bonds. The van der Waals surface area contributed by atoms with E-state index in [4.69, 9.17) is 10.00 Å². The van der Waals surface area contributed by atoms with Gasteiger partial charge in [-0.15, -0.1) is 0 Å². The molecule has 35 heavy (non-hydrogen) atoms. The minimum Gasteiger partial charge on any atom is -0.423 e. The zero-order valence-corrected chi connectivity index (χ0v) is 20.0.